The molecule has 0 saturated heterocycles. The molecule has 0 radical (unpaired) electrons. The van der Waals surface area contributed by atoms with Crippen molar-refractivity contribution in [3.05, 3.63) is 94.6 Å². The first-order valence-electron chi connectivity index (χ1n) is 12.3. The second-order valence-electron chi connectivity index (χ2n) is 9.34. The summed E-state index contributed by atoms with van der Waals surface area (Å²) in [6.45, 7) is 5.31. The SMILES string of the molecule is Cc1nn(C)c(-c2ccc(-c3ccc(CC(C)C(=O)O)cc3)cc2)c1NC(=O)OC(C)c1ccccc1Cl. The van der Waals surface area contributed by atoms with E-state index in [1.165, 1.54) is 0 Å². The van der Waals surface area contributed by atoms with Gasteiger partial charge in [-0.25, -0.2) is 4.79 Å². The normalized spacial score (nSPS) is 12.6. The molecule has 2 unspecified atom stereocenters. The number of aliphatic carboxylic acids is 1. The lowest BCUT2D eigenvalue weighted by molar-refractivity contribution is -0.141. The van der Waals surface area contributed by atoms with Gasteiger partial charge in [-0.1, -0.05) is 85.3 Å². The minimum absolute atomic E-state index is 0.429. The third-order valence-corrected chi connectivity index (χ3v) is 6.83. The molecule has 0 bridgehead atoms. The van der Waals surface area contributed by atoms with E-state index in [2.05, 4.69) is 10.4 Å². The number of nitrogens with one attached hydrogen (secondary N) is 1. The van der Waals surface area contributed by atoms with E-state index in [0.717, 1.165) is 33.5 Å². The number of halogens is 1. The Labute approximate surface area is 227 Å². The Balaban J connectivity index is 1.50. The van der Waals surface area contributed by atoms with Crippen molar-refractivity contribution in [3.63, 3.8) is 0 Å². The van der Waals surface area contributed by atoms with E-state index in [1.807, 2.05) is 80.7 Å². The number of aryl methyl sites for hydroxylation is 2. The largest absolute Gasteiger partial charge is 0.481 e. The minimum atomic E-state index is -0.799. The van der Waals surface area contributed by atoms with E-state index in [4.69, 9.17) is 21.4 Å². The Bertz CT molecular complexity index is 1450. The molecule has 0 fully saturated rings. The van der Waals surface area contributed by atoms with Gasteiger partial charge < -0.3 is 9.84 Å². The molecule has 0 aliphatic heterocycles. The molecule has 7 nitrogen and oxygen atoms in total. The quantitative estimate of drug-likeness (QED) is 0.249. The highest BCUT2D eigenvalue weighted by Gasteiger charge is 2.20. The van der Waals surface area contributed by atoms with Gasteiger partial charge >= 0.3 is 12.1 Å². The van der Waals surface area contributed by atoms with Gasteiger partial charge in [-0.15, -0.1) is 0 Å². The Morgan fingerprint density at radius 2 is 1.55 bits per heavy atom. The second-order valence-corrected chi connectivity index (χ2v) is 9.75. The molecule has 1 heterocycles. The number of anilines is 1. The third-order valence-electron chi connectivity index (χ3n) is 6.49. The van der Waals surface area contributed by atoms with E-state index in [-0.39, 0.29) is 0 Å². The zero-order valence-corrected chi connectivity index (χ0v) is 22.5. The molecule has 0 saturated carbocycles. The number of ether oxygens (including phenoxy) is 1. The van der Waals surface area contributed by atoms with Crippen LogP contribution in [-0.4, -0.2) is 26.9 Å². The maximum atomic E-state index is 12.8. The monoisotopic (exact) mass is 531 g/mol. The van der Waals surface area contributed by atoms with E-state index in [1.54, 1.807) is 24.6 Å². The number of hydrogen-bond acceptors (Lipinski definition) is 4. The molecule has 1 amide bonds. The number of benzene rings is 3. The number of carboxylic acids is 1. The zero-order valence-electron chi connectivity index (χ0n) is 21.7. The highest BCUT2D eigenvalue weighted by atomic mass is 35.5. The fourth-order valence-electron chi connectivity index (χ4n) is 4.39. The molecule has 2 atom stereocenters. The van der Waals surface area contributed by atoms with Gasteiger partial charge in [0.1, 0.15) is 6.10 Å². The molecular formula is C30H30ClN3O4. The lowest BCUT2D eigenvalue weighted by Crippen LogP contribution is -2.17. The summed E-state index contributed by atoms with van der Waals surface area (Å²) in [6.07, 6.45) is -0.630. The molecule has 38 heavy (non-hydrogen) atoms. The molecular weight excluding hydrogens is 502 g/mol. The fraction of sp³-hybridized carbons (Fsp3) is 0.233. The minimum Gasteiger partial charge on any atom is -0.481 e. The highest BCUT2D eigenvalue weighted by Crippen LogP contribution is 2.33. The van der Waals surface area contributed by atoms with E-state index in [9.17, 15) is 9.59 Å². The predicted molar refractivity (Wildman–Crippen MR) is 149 cm³/mol. The molecule has 3 aromatic carbocycles. The summed E-state index contributed by atoms with van der Waals surface area (Å²) in [5, 5.41) is 17.0. The fourth-order valence-corrected chi connectivity index (χ4v) is 4.68. The number of hydrogen-bond donors (Lipinski definition) is 2. The van der Waals surface area contributed by atoms with Crippen molar-refractivity contribution >= 4 is 29.4 Å². The number of carbonyl (C=O) groups is 2. The Kier molecular flexibility index (Phi) is 8.17. The summed E-state index contributed by atoms with van der Waals surface area (Å²) in [6, 6.07) is 23.2. The van der Waals surface area contributed by atoms with E-state index in [0.29, 0.717) is 22.8 Å². The Morgan fingerprint density at radius 1 is 0.974 bits per heavy atom. The first kappa shape index (κ1) is 26.9. The maximum absolute atomic E-state index is 12.8. The zero-order chi connectivity index (χ0) is 27.4. The van der Waals surface area contributed by atoms with Crippen molar-refractivity contribution in [1.29, 1.82) is 0 Å². The lowest BCUT2D eigenvalue weighted by atomic mass is 9.97. The van der Waals surface area contributed by atoms with Crippen molar-refractivity contribution in [2.45, 2.75) is 33.3 Å². The van der Waals surface area contributed by atoms with Crippen molar-refractivity contribution < 1.29 is 19.4 Å². The van der Waals surface area contributed by atoms with Gasteiger partial charge in [0.25, 0.3) is 0 Å². The maximum Gasteiger partial charge on any atom is 0.412 e. The summed E-state index contributed by atoms with van der Waals surface area (Å²) in [7, 11) is 1.83. The second kappa shape index (κ2) is 11.5. The summed E-state index contributed by atoms with van der Waals surface area (Å²) in [5.74, 6) is -1.23. The van der Waals surface area contributed by atoms with Crippen LogP contribution in [0, 0.1) is 12.8 Å². The molecule has 4 aromatic rings. The van der Waals surface area contributed by atoms with Gasteiger partial charge in [0.15, 0.2) is 0 Å². The Morgan fingerprint density at radius 3 is 2.16 bits per heavy atom. The molecule has 0 aliphatic carbocycles. The smallest absolute Gasteiger partial charge is 0.412 e. The van der Waals surface area contributed by atoms with Crippen LogP contribution in [0.2, 0.25) is 5.02 Å². The van der Waals surface area contributed by atoms with Gasteiger partial charge in [-0.3, -0.25) is 14.8 Å². The van der Waals surface area contributed by atoms with Crippen molar-refractivity contribution in [1.82, 2.24) is 9.78 Å². The van der Waals surface area contributed by atoms with Gasteiger partial charge in [0, 0.05) is 23.2 Å². The van der Waals surface area contributed by atoms with E-state index < -0.39 is 24.1 Å². The van der Waals surface area contributed by atoms with Gasteiger partial charge in [0.05, 0.1) is 23.0 Å². The number of rotatable bonds is 8. The van der Waals surface area contributed by atoms with Crippen molar-refractivity contribution in [2.24, 2.45) is 13.0 Å². The van der Waals surface area contributed by atoms with Crippen LogP contribution < -0.4 is 5.32 Å². The summed E-state index contributed by atoms with van der Waals surface area (Å²) >= 11 is 6.25. The standard InChI is InChI=1S/C30H30ClN3O4/c1-18(29(35)36)17-21-9-11-22(12-10-21)23-13-15-24(16-14-23)28-27(19(2)33-34(28)4)32-30(37)38-20(3)25-7-5-6-8-26(25)31/h5-16,18,20H,17H2,1-4H3,(H,32,37)(H,35,36). The molecule has 0 aliphatic rings. The van der Waals surface area contributed by atoms with E-state index >= 15 is 0 Å². The number of amides is 1. The van der Waals surface area contributed by atoms with Gasteiger partial charge in [-0.2, -0.15) is 5.10 Å². The molecule has 0 spiro atoms. The number of carbonyl (C=O) groups excluding carboxylic acids is 1. The summed E-state index contributed by atoms with van der Waals surface area (Å²) in [5.41, 5.74) is 6.65. The van der Waals surface area contributed by atoms with Crippen LogP contribution in [0.25, 0.3) is 22.4 Å². The molecule has 1 aromatic heterocycles. The highest BCUT2D eigenvalue weighted by molar-refractivity contribution is 6.31. The van der Waals surface area contributed by atoms with Crippen LogP contribution in [0.4, 0.5) is 10.5 Å². The van der Waals surface area contributed by atoms with Crippen molar-refractivity contribution in [3.8, 4) is 22.4 Å². The lowest BCUT2D eigenvalue weighted by Gasteiger charge is -2.16. The van der Waals surface area contributed by atoms with Gasteiger partial charge in [-0.05, 0) is 43.0 Å². The summed E-state index contributed by atoms with van der Waals surface area (Å²) in [4.78, 5) is 23.9. The van der Waals surface area contributed by atoms with Gasteiger partial charge in [0.2, 0.25) is 0 Å². The molecule has 4 rings (SSSR count). The number of aromatic nitrogens is 2. The van der Waals surface area contributed by atoms with Crippen LogP contribution in [-0.2, 0) is 23.0 Å². The van der Waals surface area contributed by atoms with Crippen LogP contribution in [0.15, 0.2) is 72.8 Å². The average Bonchev–Trinajstić information content (AvgIpc) is 3.16. The molecule has 196 valence electrons. The average molecular weight is 532 g/mol. The molecule has 8 heteroatoms. The molecule has 2 N–H and O–H groups in total. The first-order chi connectivity index (χ1) is 18.1. The third kappa shape index (κ3) is 6.06. The Hall–Kier alpha value is -4.10. The topological polar surface area (TPSA) is 93.5 Å². The summed E-state index contributed by atoms with van der Waals surface area (Å²) < 4.78 is 7.33. The van der Waals surface area contributed by atoms with Crippen molar-refractivity contribution in [2.75, 3.05) is 5.32 Å². The van der Waals surface area contributed by atoms with Crippen LogP contribution >= 0.6 is 11.6 Å². The number of carboxylic acid groups (broad SMARTS) is 1. The predicted octanol–water partition coefficient (Wildman–Crippen LogP) is 7.29. The van der Waals surface area contributed by atoms with Crippen LogP contribution in [0.5, 0.6) is 0 Å². The van der Waals surface area contributed by atoms with Crippen LogP contribution in [0.3, 0.4) is 0 Å². The first-order valence-corrected chi connectivity index (χ1v) is 12.7. The number of nitrogens with zero attached hydrogens (tertiary/aromatic N) is 2. The van der Waals surface area contributed by atoms with Crippen LogP contribution in [0.1, 0.15) is 36.8 Å².